The van der Waals surface area contributed by atoms with Gasteiger partial charge in [-0.05, 0) is 12.1 Å². The van der Waals surface area contributed by atoms with Crippen LogP contribution in [-0.2, 0) is 6.18 Å². The Morgan fingerprint density at radius 1 is 1.26 bits per heavy atom. The van der Waals surface area contributed by atoms with Crippen molar-refractivity contribution in [3.05, 3.63) is 35.4 Å². The number of nitrogens with two attached hydrogens (primary N) is 1. The van der Waals surface area contributed by atoms with Crippen molar-refractivity contribution in [1.29, 1.82) is 0 Å². The zero-order valence-corrected chi connectivity index (χ0v) is 10.7. The Labute approximate surface area is 115 Å². The molecule has 4 nitrogen and oxygen atoms in total. The second kappa shape index (κ2) is 5.22. The number of nitrogen functional groups attached to an aromatic ring is 1. The molecule has 2 rings (SSSR count). The summed E-state index contributed by atoms with van der Waals surface area (Å²) in [6.45, 7) is 0. The molecule has 0 bridgehead atoms. The molecular formula is C10H6ClF3N4S. The maximum Gasteiger partial charge on any atom is 0.434 e. The number of anilines is 1. The summed E-state index contributed by atoms with van der Waals surface area (Å²) in [6, 6.07) is 2.71. The minimum Gasteiger partial charge on any atom is -0.381 e. The fraction of sp³-hybridized carbons (Fsp3) is 0.100. The Balaban J connectivity index is 2.36. The van der Waals surface area contributed by atoms with E-state index in [-0.39, 0.29) is 20.9 Å². The maximum absolute atomic E-state index is 12.7. The fourth-order valence-corrected chi connectivity index (χ4v) is 2.20. The van der Waals surface area contributed by atoms with E-state index in [2.05, 4.69) is 15.0 Å². The van der Waals surface area contributed by atoms with Crippen molar-refractivity contribution < 1.29 is 13.2 Å². The molecule has 2 aromatic heterocycles. The molecule has 0 aliphatic heterocycles. The summed E-state index contributed by atoms with van der Waals surface area (Å²) in [5.74, 6) is -0.0379. The van der Waals surface area contributed by atoms with Crippen LogP contribution in [0.25, 0.3) is 0 Å². The molecule has 0 saturated heterocycles. The lowest BCUT2D eigenvalue weighted by Gasteiger charge is -2.10. The quantitative estimate of drug-likeness (QED) is 0.922. The first-order valence-electron chi connectivity index (χ1n) is 4.86. The van der Waals surface area contributed by atoms with Gasteiger partial charge in [0.1, 0.15) is 5.03 Å². The van der Waals surface area contributed by atoms with E-state index in [0.717, 1.165) is 18.0 Å². The molecule has 19 heavy (non-hydrogen) atoms. The lowest BCUT2D eigenvalue weighted by atomic mass is 10.3. The number of nitrogens with zero attached hydrogens (tertiary/aromatic N) is 3. The highest BCUT2D eigenvalue weighted by Gasteiger charge is 2.35. The highest BCUT2D eigenvalue weighted by molar-refractivity contribution is 7.99. The molecular weight excluding hydrogens is 301 g/mol. The van der Waals surface area contributed by atoms with Crippen LogP contribution >= 0.6 is 23.4 Å². The number of pyridine rings is 1. The van der Waals surface area contributed by atoms with Gasteiger partial charge >= 0.3 is 6.18 Å². The van der Waals surface area contributed by atoms with Gasteiger partial charge in [-0.1, -0.05) is 23.4 Å². The number of hydrogen-bond donors (Lipinski definition) is 1. The van der Waals surface area contributed by atoms with E-state index < -0.39 is 11.9 Å². The third kappa shape index (κ3) is 3.27. The number of halogens is 4. The molecule has 0 aliphatic rings. The molecule has 2 heterocycles. The third-order valence-corrected chi connectivity index (χ3v) is 3.23. The summed E-state index contributed by atoms with van der Waals surface area (Å²) in [6.07, 6.45) is -2.21. The predicted octanol–water partition coefficient (Wildman–Crippen LogP) is 3.28. The van der Waals surface area contributed by atoms with Crippen molar-refractivity contribution in [2.45, 2.75) is 16.1 Å². The molecule has 0 unspecified atom stereocenters. The summed E-state index contributed by atoms with van der Waals surface area (Å²) in [5.41, 5.74) is 4.46. The molecule has 0 saturated carbocycles. The van der Waals surface area contributed by atoms with Crippen molar-refractivity contribution in [1.82, 2.24) is 15.0 Å². The zero-order chi connectivity index (χ0) is 14.0. The molecule has 100 valence electrons. The van der Waals surface area contributed by atoms with Gasteiger partial charge in [0, 0.05) is 11.1 Å². The lowest BCUT2D eigenvalue weighted by molar-refractivity contribution is -0.143. The van der Waals surface area contributed by atoms with Crippen LogP contribution in [0.5, 0.6) is 0 Å². The van der Waals surface area contributed by atoms with Crippen LogP contribution < -0.4 is 5.73 Å². The van der Waals surface area contributed by atoms with Crippen molar-refractivity contribution >= 4 is 29.2 Å². The monoisotopic (exact) mass is 306 g/mol. The van der Waals surface area contributed by atoms with Crippen LogP contribution in [0.4, 0.5) is 19.0 Å². The minimum absolute atomic E-state index is 0.00609. The standard InChI is InChI=1S/C10H6ClF3N4S/c11-8-9(15)18-6(4-17-8)19-5-2-1-3-16-7(5)10(12,13)14/h1-4H,(H2,15,18). The molecule has 0 radical (unpaired) electrons. The second-order valence-electron chi connectivity index (χ2n) is 3.33. The summed E-state index contributed by atoms with van der Waals surface area (Å²) in [5, 5.41) is 0.215. The van der Waals surface area contributed by atoms with Crippen LogP contribution in [-0.4, -0.2) is 15.0 Å². The fourth-order valence-electron chi connectivity index (χ4n) is 1.22. The number of hydrogen-bond acceptors (Lipinski definition) is 5. The van der Waals surface area contributed by atoms with Crippen LogP contribution in [0.3, 0.4) is 0 Å². The van der Waals surface area contributed by atoms with Gasteiger partial charge < -0.3 is 5.73 Å². The number of rotatable bonds is 2. The van der Waals surface area contributed by atoms with Crippen molar-refractivity contribution in [2.75, 3.05) is 5.73 Å². The van der Waals surface area contributed by atoms with E-state index in [9.17, 15) is 13.2 Å². The Morgan fingerprint density at radius 2 is 2.00 bits per heavy atom. The molecule has 0 atom stereocenters. The normalized spacial score (nSPS) is 11.6. The van der Waals surface area contributed by atoms with Gasteiger partial charge in [-0.25, -0.2) is 9.97 Å². The maximum atomic E-state index is 12.7. The first-order chi connectivity index (χ1) is 8.88. The van der Waals surface area contributed by atoms with Crippen LogP contribution in [0.1, 0.15) is 5.69 Å². The van der Waals surface area contributed by atoms with Gasteiger partial charge in [-0.3, -0.25) is 4.98 Å². The molecule has 2 N–H and O–H groups in total. The zero-order valence-electron chi connectivity index (χ0n) is 9.15. The Morgan fingerprint density at radius 3 is 2.63 bits per heavy atom. The Bertz CT molecular complexity index is 606. The summed E-state index contributed by atoms with van der Waals surface area (Å²) >= 11 is 6.36. The van der Waals surface area contributed by atoms with E-state index >= 15 is 0 Å². The summed E-state index contributed by atoms with van der Waals surface area (Å²) in [7, 11) is 0. The smallest absolute Gasteiger partial charge is 0.381 e. The summed E-state index contributed by atoms with van der Waals surface area (Å²) in [4.78, 5) is 10.8. The number of alkyl halides is 3. The first kappa shape index (κ1) is 13.9. The minimum atomic E-state index is -4.53. The van der Waals surface area contributed by atoms with Crippen LogP contribution in [0.15, 0.2) is 34.4 Å². The van der Waals surface area contributed by atoms with Crippen molar-refractivity contribution in [3.63, 3.8) is 0 Å². The van der Waals surface area contributed by atoms with E-state index in [1.807, 2.05) is 0 Å². The molecule has 0 spiro atoms. The van der Waals surface area contributed by atoms with Crippen LogP contribution in [0.2, 0.25) is 5.15 Å². The molecule has 0 aromatic carbocycles. The van der Waals surface area contributed by atoms with E-state index in [0.29, 0.717) is 0 Å². The Hall–Kier alpha value is -1.54. The predicted molar refractivity (Wildman–Crippen MR) is 64.8 cm³/mol. The van der Waals surface area contributed by atoms with E-state index in [1.165, 1.54) is 18.3 Å². The third-order valence-electron chi connectivity index (χ3n) is 1.98. The highest BCUT2D eigenvalue weighted by Crippen LogP contribution is 2.37. The average molecular weight is 307 g/mol. The molecule has 9 heteroatoms. The molecule has 0 amide bonds. The van der Waals surface area contributed by atoms with Gasteiger partial charge in [-0.2, -0.15) is 13.2 Å². The van der Waals surface area contributed by atoms with Crippen molar-refractivity contribution in [3.8, 4) is 0 Å². The van der Waals surface area contributed by atoms with Gasteiger partial charge in [0.2, 0.25) is 0 Å². The van der Waals surface area contributed by atoms with E-state index in [4.69, 9.17) is 17.3 Å². The topological polar surface area (TPSA) is 64.7 Å². The summed E-state index contributed by atoms with van der Waals surface area (Å²) < 4.78 is 38.2. The highest BCUT2D eigenvalue weighted by atomic mass is 35.5. The molecule has 0 aliphatic carbocycles. The van der Waals surface area contributed by atoms with Gasteiger partial charge in [0.05, 0.1) is 6.20 Å². The van der Waals surface area contributed by atoms with Gasteiger partial charge in [0.25, 0.3) is 0 Å². The Kier molecular flexibility index (Phi) is 3.81. The van der Waals surface area contributed by atoms with Crippen molar-refractivity contribution in [2.24, 2.45) is 0 Å². The SMILES string of the molecule is Nc1nc(Sc2cccnc2C(F)(F)F)cnc1Cl. The first-order valence-corrected chi connectivity index (χ1v) is 6.05. The lowest BCUT2D eigenvalue weighted by Crippen LogP contribution is -2.09. The van der Waals surface area contributed by atoms with Gasteiger partial charge in [-0.15, -0.1) is 0 Å². The number of aromatic nitrogens is 3. The molecule has 0 fully saturated rings. The van der Waals surface area contributed by atoms with Crippen LogP contribution in [0, 0.1) is 0 Å². The van der Waals surface area contributed by atoms with Gasteiger partial charge in [0.15, 0.2) is 16.7 Å². The second-order valence-corrected chi connectivity index (χ2v) is 4.75. The molecule has 2 aromatic rings. The average Bonchev–Trinajstić information content (AvgIpc) is 2.33. The largest absolute Gasteiger partial charge is 0.434 e. The van der Waals surface area contributed by atoms with E-state index in [1.54, 1.807) is 0 Å².